The number of nitrogens with one attached hydrogen (secondary N) is 1. The molecular formula is C11H22N2O2. The van der Waals surface area contributed by atoms with Crippen LogP contribution in [0.1, 0.15) is 26.7 Å². The van der Waals surface area contributed by atoms with Crippen molar-refractivity contribution in [3.63, 3.8) is 0 Å². The van der Waals surface area contributed by atoms with E-state index >= 15 is 0 Å². The van der Waals surface area contributed by atoms with E-state index in [2.05, 4.69) is 17.1 Å². The molecule has 1 aliphatic heterocycles. The second kappa shape index (κ2) is 6.08. The highest BCUT2D eigenvalue weighted by Gasteiger charge is 2.31. The molecule has 0 saturated carbocycles. The Bertz CT molecular complexity index is 205. The number of nitrogens with zero attached hydrogens (tertiary/aromatic N) is 1. The Morgan fingerprint density at radius 2 is 2.20 bits per heavy atom. The zero-order valence-electron chi connectivity index (χ0n) is 9.95. The average molecular weight is 214 g/mol. The van der Waals surface area contributed by atoms with Crippen LogP contribution in [-0.2, 0) is 9.53 Å². The Hall–Kier alpha value is -0.610. The molecule has 15 heavy (non-hydrogen) atoms. The summed E-state index contributed by atoms with van der Waals surface area (Å²) >= 11 is 0. The van der Waals surface area contributed by atoms with E-state index in [4.69, 9.17) is 4.74 Å². The van der Waals surface area contributed by atoms with E-state index in [1.54, 1.807) is 0 Å². The maximum absolute atomic E-state index is 11.7. The number of rotatable bonds is 6. The number of ether oxygens (including phenoxy) is 1. The van der Waals surface area contributed by atoms with Crippen molar-refractivity contribution in [3.05, 3.63) is 0 Å². The van der Waals surface area contributed by atoms with Crippen molar-refractivity contribution in [2.75, 3.05) is 26.7 Å². The SMILES string of the molecule is CCCC(C(=O)OCC)N(C)C1CNC1. The van der Waals surface area contributed by atoms with E-state index in [0.29, 0.717) is 12.6 Å². The first-order chi connectivity index (χ1) is 7.20. The van der Waals surface area contributed by atoms with Gasteiger partial charge in [0.1, 0.15) is 6.04 Å². The lowest BCUT2D eigenvalue weighted by molar-refractivity contribution is -0.150. The van der Waals surface area contributed by atoms with Crippen molar-refractivity contribution in [2.24, 2.45) is 0 Å². The van der Waals surface area contributed by atoms with E-state index < -0.39 is 0 Å². The first-order valence-electron chi connectivity index (χ1n) is 5.80. The van der Waals surface area contributed by atoms with E-state index in [9.17, 15) is 4.79 Å². The summed E-state index contributed by atoms with van der Waals surface area (Å²) in [7, 11) is 2.02. The van der Waals surface area contributed by atoms with Gasteiger partial charge in [-0.1, -0.05) is 13.3 Å². The number of hydrogen-bond acceptors (Lipinski definition) is 4. The van der Waals surface area contributed by atoms with Gasteiger partial charge in [0.2, 0.25) is 0 Å². The minimum Gasteiger partial charge on any atom is -0.465 e. The molecule has 88 valence electrons. The molecule has 1 fully saturated rings. The van der Waals surface area contributed by atoms with Crippen molar-refractivity contribution < 1.29 is 9.53 Å². The Balaban J connectivity index is 2.50. The van der Waals surface area contributed by atoms with Gasteiger partial charge in [0, 0.05) is 19.1 Å². The molecule has 0 aromatic carbocycles. The van der Waals surface area contributed by atoms with Crippen molar-refractivity contribution in [1.29, 1.82) is 0 Å². The fourth-order valence-corrected chi connectivity index (χ4v) is 1.82. The van der Waals surface area contributed by atoms with Crippen LogP contribution in [0.4, 0.5) is 0 Å². The smallest absolute Gasteiger partial charge is 0.323 e. The third-order valence-corrected chi connectivity index (χ3v) is 2.95. The second-order valence-corrected chi connectivity index (χ2v) is 4.03. The molecule has 0 spiro atoms. The quantitative estimate of drug-likeness (QED) is 0.658. The third-order valence-electron chi connectivity index (χ3n) is 2.95. The van der Waals surface area contributed by atoms with Crippen LogP contribution in [0.2, 0.25) is 0 Å². The minimum absolute atomic E-state index is 0.0675. The summed E-state index contributed by atoms with van der Waals surface area (Å²) in [6.07, 6.45) is 1.89. The Labute approximate surface area is 92.0 Å². The van der Waals surface area contributed by atoms with Crippen LogP contribution in [0.25, 0.3) is 0 Å². The predicted octanol–water partition coefficient (Wildman–Crippen LogP) is 0.622. The van der Waals surface area contributed by atoms with Crippen molar-refractivity contribution in [1.82, 2.24) is 10.2 Å². The Kier molecular flexibility index (Phi) is 5.05. The van der Waals surface area contributed by atoms with Gasteiger partial charge in [-0.2, -0.15) is 0 Å². The van der Waals surface area contributed by atoms with E-state index in [0.717, 1.165) is 25.9 Å². The van der Waals surface area contributed by atoms with Gasteiger partial charge >= 0.3 is 5.97 Å². The lowest BCUT2D eigenvalue weighted by Crippen LogP contribution is -2.60. The van der Waals surface area contributed by atoms with Crippen LogP contribution < -0.4 is 5.32 Å². The van der Waals surface area contributed by atoms with E-state index in [-0.39, 0.29) is 12.0 Å². The highest BCUT2D eigenvalue weighted by atomic mass is 16.5. The lowest BCUT2D eigenvalue weighted by Gasteiger charge is -2.39. The molecule has 1 rings (SSSR count). The van der Waals surface area contributed by atoms with Gasteiger partial charge in [-0.25, -0.2) is 0 Å². The molecule has 0 bridgehead atoms. The van der Waals surface area contributed by atoms with Gasteiger partial charge in [-0.05, 0) is 20.4 Å². The number of carbonyl (C=O) groups excluding carboxylic acids is 1. The van der Waals surface area contributed by atoms with Gasteiger partial charge < -0.3 is 10.1 Å². The molecule has 0 amide bonds. The van der Waals surface area contributed by atoms with Crippen LogP contribution >= 0.6 is 0 Å². The van der Waals surface area contributed by atoms with Crippen LogP contribution in [-0.4, -0.2) is 49.7 Å². The normalized spacial score (nSPS) is 18.7. The molecule has 0 aromatic rings. The van der Waals surface area contributed by atoms with Crippen LogP contribution in [0, 0.1) is 0 Å². The molecule has 1 saturated heterocycles. The largest absolute Gasteiger partial charge is 0.465 e. The van der Waals surface area contributed by atoms with Gasteiger partial charge in [-0.15, -0.1) is 0 Å². The zero-order chi connectivity index (χ0) is 11.3. The maximum atomic E-state index is 11.7. The van der Waals surface area contributed by atoms with Gasteiger partial charge in [0.05, 0.1) is 6.61 Å². The predicted molar refractivity (Wildman–Crippen MR) is 59.7 cm³/mol. The van der Waals surface area contributed by atoms with Crippen molar-refractivity contribution >= 4 is 5.97 Å². The molecular weight excluding hydrogens is 192 g/mol. The number of esters is 1. The standard InChI is InChI=1S/C11H22N2O2/c1-4-6-10(11(14)15-5-2)13(3)9-7-12-8-9/h9-10,12H,4-8H2,1-3H3. The van der Waals surface area contributed by atoms with E-state index in [1.807, 2.05) is 14.0 Å². The summed E-state index contributed by atoms with van der Waals surface area (Å²) < 4.78 is 5.10. The molecule has 0 aliphatic carbocycles. The first kappa shape index (κ1) is 12.5. The summed E-state index contributed by atoms with van der Waals surface area (Å²) in [6.45, 7) is 6.38. The van der Waals surface area contributed by atoms with Gasteiger partial charge in [-0.3, -0.25) is 9.69 Å². The number of hydrogen-bond donors (Lipinski definition) is 1. The zero-order valence-corrected chi connectivity index (χ0v) is 9.95. The monoisotopic (exact) mass is 214 g/mol. The van der Waals surface area contributed by atoms with Crippen LogP contribution in [0.5, 0.6) is 0 Å². The van der Waals surface area contributed by atoms with E-state index in [1.165, 1.54) is 0 Å². The summed E-state index contributed by atoms with van der Waals surface area (Å²) in [4.78, 5) is 13.9. The molecule has 1 unspecified atom stereocenters. The number of likely N-dealkylation sites (N-methyl/N-ethyl adjacent to an activating group) is 1. The molecule has 1 atom stereocenters. The molecule has 0 radical (unpaired) electrons. The first-order valence-corrected chi connectivity index (χ1v) is 5.80. The maximum Gasteiger partial charge on any atom is 0.323 e. The fraction of sp³-hybridized carbons (Fsp3) is 0.909. The highest BCUT2D eigenvalue weighted by molar-refractivity contribution is 5.75. The summed E-state index contributed by atoms with van der Waals surface area (Å²) in [5, 5.41) is 3.22. The molecule has 1 N–H and O–H groups in total. The van der Waals surface area contributed by atoms with Crippen LogP contribution in [0.15, 0.2) is 0 Å². The third kappa shape index (κ3) is 3.18. The Morgan fingerprint density at radius 1 is 1.53 bits per heavy atom. The molecule has 1 heterocycles. The summed E-state index contributed by atoms with van der Waals surface area (Å²) in [5.41, 5.74) is 0. The summed E-state index contributed by atoms with van der Waals surface area (Å²) in [6, 6.07) is 0.424. The van der Waals surface area contributed by atoms with Crippen LogP contribution in [0.3, 0.4) is 0 Å². The fourth-order valence-electron chi connectivity index (χ4n) is 1.82. The average Bonchev–Trinajstić information content (AvgIpc) is 2.11. The van der Waals surface area contributed by atoms with Crippen molar-refractivity contribution in [3.8, 4) is 0 Å². The second-order valence-electron chi connectivity index (χ2n) is 4.03. The van der Waals surface area contributed by atoms with Gasteiger partial charge in [0.25, 0.3) is 0 Å². The molecule has 0 aromatic heterocycles. The Morgan fingerprint density at radius 3 is 2.60 bits per heavy atom. The number of carbonyl (C=O) groups is 1. The lowest BCUT2D eigenvalue weighted by atomic mass is 10.1. The van der Waals surface area contributed by atoms with Gasteiger partial charge in [0.15, 0.2) is 0 Å². The topological polar surface area (TPSA) is 41.6 Å². The molecule has 4 nitrogen and oxygen atoms in total. The van der Waals surface area contributed by atoms with Crippen molar-refractivity contribution in [2.45, 2.75) is 38.8 Å². The molecule has 4 heteroatoms. The summed E-state index contributed by atoms with van der Waals surface area (Å²) in [5.74, 6) is -0.0752. The molecule has 1 aliphatic rings. The highest BCUT2D eigenvalue weighted by Crippen LogP contribution is 2.13. The minimum atomic E-state index is -0.0752.